The number of hydrogen-bond acceptors (Lipinski definition) is 6. The van der Waals surface area contributed by atoms with Crippen LogP contribution in [0.2, 0.25) is 0 Å². The molecular formula is C15H20ClF3NO6PS. The van der Waals surface area contributed by atoms with Crippen molar-refractivity contribution in [2.75, 3.05) is 26.7 Å². The molecule has 1 aromatic rings. The van der Waals surface area contributed by atoms with Crippen LogP contribution in [-0.4, -0.2) is 55.8 Å². The minimum atomic E-state index is -6.09. The molecule has 2 heterocycles. The summed E-state index contributed by atoms with van der Waals surface area (Å²) in [7, 11) is -3.87. The number of fused-ring (bicyclic) bond motifs is 1. The third-order valence-electron chi connectivity index (χ3n) is 4.58. The van der Waals surface area contributed by atoms with Crippen molar-refractivity contribution in [3.05, 3.63) is 35.9 Å². The van der Waals surface area contributed by atoms with E-state index in [-0.39, 0.29) is 6.10 Å². The van der Waals surface area contributed by atoms with Crippen molar-refractivity contribution in [2.24, 2.45) is 5.92 Å². The molecule has 0 bridgehead atoms. The lowest BCUT2D eigenvalue weighted by molar-refractivity contribution is -0.931. The van der Waals surface area contributed by atoms with E-state index in [1.165, 1.54) is 5.56 Å². The molecule has 2 aliphatic rings. The van der Waals surface area contributed by atoms with Gasteiger partial charge in [0.15, 0.2) is 10.1 Å². The smallest absolute Gasteiger partial charge is 0.485 e. The molecule has 0 amide bonds. The highest BCUT2D eigenvalue weighted by Crippen LogP contribution is 2.59. The Balaban J connectivity index is 0.000000300. The summed E-state index contributed by atoms with van der Waals surface area (Å²) in [6.07, 6.45) is 0.958. The zero-order valence-corrected chi connectivity index (χ0v) is 17.3. The first kappa shape index (κ1) is 23.6. The van der Waals surface area contributed by atoms with Crippen LogP contribution in [0.15, 0.2) is 30.3 Å². The number of halogens is 4. The lowest BCUT2D eigenvalue weighted by atomic mass is 9.92. The first-order valence-electron chi connectivity index (χ1n) is 8.23. The fraction of sp³-hybridized carbons (Fsp3) is 0.600. The maximum Gasteiger partial charge on any atom is 0.485 e. The van der Waals surface area contributed by atoms with Crippen molar-refractivity contribution < 1.29 is 44.2 Å². The van der Waals surface area contributed by atoms with Gasteiger partial charge in [0.2, 0.25) is 0 Å². The van der Waals surface area contributed by atoms with E-state index in [0.717, 1.165) is 30.5 Å². The van der Waals surface area contributed by atoms with Gasteiger partial charge in [0.1, 0.15) is 19.2 Å². The number of benzene rings is 1. The first-order valence-corrected chi connectivity index (χ1v) is 12.1. The summed E-state index contributed by atoms with van der Waals surface area (Å²) in [5, 5.41) is 0. The lowest BCUT2D eigenvalue weighted by Crippen LogP contribution is -2.57. The third kappa shape index (κ3) is 6.69. The number of quaternary nitrogens is 1. The van der Waals surface area contributed by atoms with E-state index in [2.05, 4.69) is 31.3 Å². The Morgan fingerprint density at radius 1 is 1.32 bits per heavy atom. The molecule has 28 heavy (non-hydrogen) atoms. The molecule has 3 rings (SSSR count). The van der Waals surface area contributed by atoms with Crippen molar-refractivity contribution in [1.29, 1.82) is 0 Å². The first-order chi connectivity index (χ1) is 12.7. The van der Waals surface area contributed by atoms with Crippen molar-refractivity contribution in [2.45, 2.75) is 24.6 Å². The Hall–Kier alpha value is -0.680. The van der Waals surface area contributed by atoms with E-state index in [1.807, 2.05) is 6.07 Å². The van der Waals surface area contributed by atoms with Gasteiger partial charge in [-0.2, -0.15) is 13.2 Å². The molecule has 13 heteroatoms. The van der Waals surface area contributed by atoms with Crippen LogP contribution in [0.1, 0.15) is 12.0 Å². The number of hydrogen-bond donors (Lipinski definition) is 0. The fourth-order valence-electron chi connectivity index (χ4n) is 3.19. The van der Waals surface area contributed by atoms with Gasteiger partial charge in [-0.15, -0.1) is 0 Å². The SMILES string of the molecule is C[N+]1(Cc2ccccc2)CC[C@H]2COP(=O)(Cl)O[C@H]2C1.O=S(=O)([O-])C(F)(F)F. The number of likely N-dealkylation sites (tertiary alicyclic amines) is 1. The number of nitrogens with zero attached hydrogens (tertiary/aromatic N) is 1. The number of alkyl halides is 3. The second kappa shape index (κ2) is 8.59. The average Bonchev–Trinajstić information content (AvgIpc) is 2.53. The molecule has 1 aromatic carbocycles. The van der Waals surface area contributed by atoms with E-state index in [0.29, 0.717) is 12.5 Å². The van der Waals surface area contributed by atoms with Crippen LogP contribution in [0.4, 0.5) is 13.2 Å². The minimum absolute atomic E-state index is 0.0606. The Morgan fingerprint density at radius 3 is 2.43 bits per heavy atom. The van der Waals surface area contributed by atoms with Gasteiger partial charge >= 0.3 is 12.5 Å². The maximum absolute atomic E-state index is 11.8. The highest BCUT2D eigenvalue weighted by Gasteiger charge is 2.46. The molecular weight excluding hydrogens is 446 g/mol. The summed E-state index contributed by atoms with van der Waals surface area (Å²) in [5.41, 5.74) is -4.33. The van der Waals surface area contributed by atoms with Gasteiger partial charge in [-0.25, -0.2) is 13.0 Å². The zero-order chi connectivity index (χ0) is 21.2. The summed E-state index contributed by atoms with van der Waals surface area (Å²) < 4.78 is 82.2. The Bertz CT molecular complexity index is 825. The summed E-state index contributed by atoms with van der Waals surface area (Å²) in [6.45, 7) is -0.0265. The lowest BCUT2D eigenvalue weighted by Gasteiger charge is -2.46. The molecule has 2 fully saturated rings. The van der Waals surface area contributed by atoms with Gasteiger partial charge in [-0.1, -0.05) is 30.3 Å². The van der Waals surface area contributed by atoms with Crippen LogP contribution in [-0.2, 0) is 30.3 Å². The summed E-state index contributed by atoms with van der Waals surface area (Å²) >= 11 is 5.75. The van der Waals surface area contributed by atoms with E-state index in [1.54, 1.807) is 0 Å². The fourth-order valence-corrected chi connectivity index (χ4v) is 4.66. The van der Waals surface area contributed by atoms with E-state index in [9.17, 15) is 17.7 Å². The summed E-state index contributed by atoms with van der Waals surface area (Å²) in [5.74, 6) is 0.317. The van der Waals surface area contributed by atoms with E-state index < -0.39 is 22.6 Å². The van der Waals surface area contributed by atoms with Gasteiger partial charge in [-0.05, 0) is 0 Å². The summed E-state index contributed by atoms with van der Waals surface area (Å²) in [6, 6.07) is 10.4. The molecule has 160 valence electrons. The van der Waals surface area contributed by atoms with Gasteiger partial charge < -0.3 is 9.04 Å². The molecule has 0 spiro atoms. The molecule has 4 atom stereocenters. The standard InChI is InChI=1S/C14H20ClNO3P.CHF3O3S/c1-16(9-12-5-3-2-4-6-12)8-7-13-11-18-20(15,17)19-14(13)10-16;2-1(3,4)8(5,6)7/h2-6,13-14H,7-11H2,1H3;(H,5,6,7)/q+1;/p-1/t13-,14-,16?,20?;/m0./s1. The van der Waals surface area contributed by atoms with Gasteiger partial charge in [-0.3, -0.25) is 9.05 Å². The zero-order valence-electron chi connectivity index (χ0n) is 14.8. The molecule has 0 aromatic heterocycles. The normalized spacial score (nSPS) is 33.4. The third-order valence-corrected chi connectivity index (χ3v) is 6.66. The molecule has 2 aliphatic heterocycles. The predicted octanol–water partition coefficient (Wildman–Crippen LogP) is 3.47. The Labute approximate surface area is 166 Å². The predicted molar refractivity (Wildman–Crippen MR) is 94.2 cm³/mol. The van der Waals surface area contributed by atoms with Gasteiger partial charge in [0, 0.05) is 29.1 Å². The van der Waals surface area contributed by atoms with Crippen molar-refractivity contribution in [3.63, 3.8) is 0 Å². The monoisotopic (exact) mass is 465 g/mol. The van der Waals surface area contributed by atoms with Gasteiger partial charge in [0.25, 0.3) is 0 Å². The van der Waals surface area contributed by atoms with Crippen molar-refractivity contribution in [1.82, 2.24) is 0 Å². The van der Waals surface area contributed by atoms with Crippen LogP contribution in [0, 0.1) is 5.92 Å². The Kier molecular flexibility index (Phi) is 7.24. The molecule has 0 N–H and O–H groups in total. The van der Waals surface area contributed by atoms with E-state index >= 15 is 0 Å². The molecule has 0 aliphatic carbocycles. The summed E-state index contributed by atoms with van der Waals surface area (Å²) in [4.78, 5) is 0. The van der Waals surface area contributed by atoms with Crippen LogP contribution >= 0.6 is 18.2 Å². The van der Waals surface area contributed by atoms with Crippen LogP contribution in [0.3, 0.4) is 0 Å². The van der Waals surface area contributed by atoms with Gasteiger partial charge in [0.05, 0.1) is 20.2 Å². The minimum Gasteiger partial charge on any atom is -0.741 e. The topological polar surface area (TPSA) is 92.7 Å². The van der Waals surface area contributed by atoms with Crippen molar-refractivity contribution in [3.8, 4) is 0 Å². The highest BCUT2D eigenvalue weighted by atomic mass is 35.7. The Morgan fingerprint density at radius 2 is 1.89 bits per heavy atom. The van der Waals surface area contributed by atoms with E-state index in [4.69, 9.17) is 33.3 Å². The largest absolute Gasteiger partial charge is 0.741 e. The maximum atomic E-state index is 11.8. The molecule has 2 saturated heterocycles. The average molecular weight is 466 g/mol. The second-order valence-corrected chi connectivity index (χ2v) is 10.9. The quantitative estimate of drug-likeness (QED) is 0.287. The molecule has 0 radical (unpaired) electrons. The van der Waals surface area contributed by atoms with Crippen LogP contribution in [0.25, 0.3) is 0 Å². The second-order valence-electron chi connectivity index (χ2n) is 6.99. The molecule has 7 nitrogen and oxygen atoms in total. The molecule has 0 saturated carbocycles. The van der Waals surface area contributed by atoms with Crippen LogP contribution < -0.4 is 0 Å². The number of piperidine rings is 1. The number of likely N-dealkylation sites (N-methyl/N-ethyl adjacent to an activating group) is 1. The van der Waals surface area contributed by atoms with Crippen LogP contribution in [0.5, 0.6) is 0 Å². The molecule has 2 unspecified atom stereocenters. The number of rotatable bonds is 2. The van der Waals surface area contributed by atoms with Crippen molar-refractivity contribution >= 4 is 28.3 Å². The highest BCUT2D eigenvalue weighted by molar-refractivity contribution is 7.86.